The molecule has 0 bridgehead atoms. The summed E-state index contributed by atoms with van der Waals surface area (Å²) in [7, 11) is 1.56. The summed E-state index contributed by atoms with van der Waals surface area (Å²) in [5.41, 5.74) is 3.90. The standard InChI is InChI=1S/C20H23ClN2O4/c1-4-26-17-7-6-14(19(12-17)27-5-2)13-22-23-20(24)11-15-10-16(25-3)8-9-18(15)21/h6-10,12-13H,4-5,11H2,1-3H3,(H,23,24)/b22-13+. The van der Waals surface area contributed by atoms with Crippen molar-refractivity contribution in [2.45, 2.75) is 20.3 Å². The molecule has 0 atom stereocenters. The second kappa shape index (κ2) is 10.4. The molecular weight excluding hydrogens is 368 g/mol. The van der Waals surface area contributed by atoms with Crippen LogP contribution in [-0.4, -0.2) is 32.4 Å². The first kappa shape index (κ1) is 20.6. The lowest BCUT2D eigenvalue weighted by atomic mass is 10.1. The predicted molar refractivity (Wildman–Crippen MR) is 106 cm³/mol. The fourth-order valence-electron chi connectivity index (χ4n) is 2.36. The number of benzene rings is 2. The molecule has 6 nitrogen and oxygen atoms in total. The number of halogens is 1. The zero-order valence-electron chi connectivity index (χ0n) is 15.6. The summed E-state index contributed by atoms with van der Waals surface area (Å²) in [6, 6.07) is 10.6. The first-order valence-corrected chi connectivity index (χ1v) is 8.99. The van der Waals surface area contributed by atoms with Crippen LogP contribution in [0.1, 0.15) is 25.0 Å². The highest BCUT2D eigenvalue weighted by Gasteiger charge is 2.08. The Morgan fingerprint density at radius 3 is 2.56 bits per heavy atom. The van der Waals surface area contributed by atoms with Crippen LogP contribution in [-0.2, 0) is 11.2 Å². The van der Waals surface area contributed by atoms with Crippen molar-refractivity contribution in [1.29, 1.82) is 0 Å². The monoisotopic (exact) mass is 390 g/mol. The van der Waals surface area contributed by atoms with Gasteiger partial charge in [-0.05, 0) is 49.7 Å². The summed E-state index contributed by atoms with van der Waals surface area (Å²) in [6.45, 7) is 4.90. The SMILES string of the molecule is CCOc1ccc(/C=N/NC(=O)Cc2cc(OC)ccc2Cl)c(OCC)c1. The summed E-state index contributed by atoms with van der Waals surface area (Å²) in [5, 5.41) is 4.51. The van der Waals surface area contributed by atoms with Crippen molar-refractivity contribution in [2.75, 3.05) is 20.3 Å². The van der Waals surface area contributed by atoms with E-state index >= 15 is 0 Å². The van der Waals surface area contributed by atoms with Gasteiger partial charge in [-0.2, -0.15) is 5.10 Å². The van der Waals surface area contributed by atoms with Crippen molar-refractivity contribution in [3.8, 4) is 17.2 Å². The topological polar surface area (TPSA) is 69.2 Å². The third kappa shape index (κ3) is 6.18. The van der Waals surface area contributed by atoms with Gasteiger partial charge in [0.25, 0.3) is 0 Å². The van der Waals surface area contributed by atoms with Crippen LogP contribution in [0.3, 0.4) is 0 Å². The molecule has 0 aliphatic rings. The Bertz CT molecular complexity index is 809. The molecule has 0 spiro atoms. The third-order valence-corrected chi connectivity index (χ3v) is 3.96. The first-order chi connectivity index (χ1) is 13.1. The van der Waals surface area contributed by atoms with Crippen LogP contribution in [0, 0.1) is 0 Å². The van der Waals surface area contributed by atoms with E-state index in [1.165, 1.54) is 6.21 Å². The molecule has 1 amide bonds. The first-order valence-electron chi connectivity index (χ1n) is 8.61. The highest BCUT2D eigenvalue weighted by molar-refractivity contribution is 6.31. The molecule has 2 aromatic carbocycles. The van der Waals surface area contributed by atoms with E-state index in [2.05, 4.69) is 10.5 Å². The zero-order valence-corrected chi connectivity index (χ0v) is 16.4. The van der Waals surface area contributed by atoms with Crippen LogP contribution in [0.25, 0.3) is 0 Å². The summed E-state index contributed by atoms with van der Waals surface area (Å²) in [4.78, 5) is 12.1. The lowest BCUT2D eigenvalue weighted by molar-refractivity contribution is -0.120. The van der Waals surface area contributed by atoms with E-state index in [0.717, 1.165) is 11.3 Å². The molecule has 0 unspecified atom stereocenters. The van der Waals surface area contributed by atoms with Crippen LogP contribution in [0.4, 0.5) is 0 Å². The van der Waals surface area contributed by atoms with Gasteiger partial charge in [-0.15, -0.1) is 0 Å². The Kier molecular flexibility index (Phi) is 7.95. The molecule has 1 N–H and O–H groups in total. The molecule has 0 aromatic heterocycles. The smallest absolute Gasteiger partial charge is 0.244 e. The summed E-state index contributed by atoms with van der Waals surface area (Å²) >= 11 is 6.12. The molecule has 144 valence electrons. The Hall–Kier alpha value is -2.73. The number of rotatable bonds is 9. The normalized spacial score (nSPS) is 10.7. The number of carbonyl (C=O) groups is 1. The number of nitrogens with zero attached hydrogens (tertiary/aromatic N) is 1. The summed E-state index contributed by atoms with van der Waals surface area (Å²) in [5.74, 6) is 1.71. The Morgan fingerprint density at radius 1 is 1.11 bits per heavy atom. The van der Waals surface area contributed by atoms with Gasteiger partial charge in [0.05, 0.1) is 33.0 Å². The second-order valence-corrected chi connectivity index (χ2v) is 5.90. The Balaban J connectivity index is 2.03. The lowest BCUT2D eigenvalue weighted by Gasteiger charge is -2.10. The van der Waals surface area contributed by atoms with E-state index in [1.54, 1.807) is 31.4 Å². The van der Waals surface area contributed by atoms with Crippen LogP contribution in [0.5, 0.6) is 17.2 Å². The van der Waals surface area contributed by atoms with Gasteiger partial charge in [0, 0.05) is 16.7 Å². The zero-order chi connectivity index (χ0) is 19.6. The van der Waals surface area contributed by atoms with Crippen LogP contribution >= 0.6 is 11.6 Å². The number of methoxy groups -OCH3 is 1. The van der Waals surface area contributed by atoms with E-state index in [0.29, 0.717) is 35.3 Å². The van der Waals surface area contributed by atoms with Crippen molar-refractivity contribution in [3.05, 3.63) is 52.5 Å². The lowest BCUT2D eigenvalue weighted by Crippen LogP contribution is -2.20. The molecule has 2 rings (SSSR count). The molecule has 0 aliphatic carbocycles. The van der Waals surface area contributed by atoms with Crippen LogP contribution in [0.15, 0.2) is 41.5 Å². The number of amides is 1. The highest BCUT2D eigenvalue weighted by atomic mass is 35.5. The maximum Gasteiger partial charge on any atom is 0.244 e. The number of carbonyl (C=O) groups excluding carboxylic acids is 1. The van der Waals surface area contributed by atoms with Crippen molar-refractivity contribution >= 4 is 23.7 Å². The third-order valence-electron chi connectivity index (χ3n) is 3.59. The van der Waals surface area contributed by atoms with Gasteiger partial charge in [-0.25, -0.2) is 5.43 Å². The largest absolute Gasteiger partial charge is 0.497 e. The molecule has 0 fully saturated rings. The molecule has 7 heteroatoms. The van der Waals surface area contributed by atoms with E-state index in [4.69, 9.17) is 25.8 Å². The summed E-state index contributed by atoms with van der Waals surface area (Å²) in [6.07, 6.45) is 1.63. The minimum absolute atomic E-state index is 0.0922. The number of hydrogen-bond acceptors (Lipinski definition) is 5. The van der Waals surface area contributed by atoms with E-state index < -0.39 is 0 Å². The highest BCUT2D eigenvalue weighted by Crippen LogP contribution is 2.24. The minimum Gasteiger partial charge on any atom is -0.497 e. The number of hydrazone groups is 1. The molecule has 2 aromatic rings. The fourth-order valence-corrected chi connectivity index (χ4v) is 2.54. The van der Waals surface area contributed by atoms with Crippen molar-refractivity contribution in [3.63, 3.8) is 0 Å². The number of ether oxygens (including phenoxy) is 3. The number of hydrogen-bond donors (Lipinski definition) is 1. The maximum atomic E-state index is 12.1. The predicted octanol–water partition coefficient (Wildman–Crippen LogP) is 3.84. The average molecular weight is 391 g/mol. The number of nitrogens with one attached hydrogen (secondary N) is 1. The quantitative estimate of drug-likeness (QED) is 0.521. The minimum atomic E-state index is -0.287. The molecule has 0 saturated heterocycles. The fraction of sp³-hybridized carbons (Fsp3) is 0.300. The van der Waals surface area contributed by atoms with E-state index in [9.17, 15) is 4.79 Å². The molecular formula is C20H23ClN2O4. The van der Waals surface area contributed by atoms with Gasteiger partial charge in [-0.3, -0.25) is 4.79 Å². The van der Waals surface area contributed by atoms with Crippen molar-refractivity contribution < 1.29 is 19.0 Å². The van der Waals surface area contributed by atoms with E-state index in [1.807, 2.05) is 26.0 Å². The van der Waals surface area contributed by atoms with Gasteiger partial charge < -0.3 is 14.2 Å². The van der Waals surface area contributed by atoms with Crippen LogP contribution in [0.2, 0.25) is 5.02 Å². The molecule has 0 heterocycles. The molecule has 0 aliphatic heterocycles. The van der Waals surface area contributed by atoms with Gasteiger partial charge in [-0.1, -0.05) is 11.6 Å². The Labute approximate surface area is 164 Å². The maximum absolute atomic E-state index is 12.1. The molecule has 0 radical (unpaired) electrons. The van der Waals surface area contributed by atoms with Gasteiger partial charge in [0.15, 0.2) is 0 Å². The second-order valence-electron chi connectivity index (χ2n) is 5.49. The van der Waals surface area contributed by atoms with Gasteiger partial charge in [0.2, 0.25) is 5.91 Å². The summed E-state index contributed by atoms with van der Waals surface area (Å²) < 4.78 is 16.2. The van der Waals surface area contributed by atoms with Gasteiger partial charge in [0.1, 0.15) is 17.2 Å². The Morgan fingerprint density at radius 2 is 1.85 bits per heavy atom. The molecule has 0 saturated carbocycles. The van der Waals surface area contributed by atoms with Gasteiger partial charge >= 0.3 is 0 Å². The van der Waals surface area contributed by atoms with Crippen molar-refractivity contribution in [1.82, 2.24) is 5.43 Å². The molecule has 27 heavy (non-hydrogen) atoms. The van der Waals surface area contributed by atoms with E-state index in [-0.39, 0.29) is 12.3 Å². The van der Waals surface area contributed by atoms with Crippen molar-refractivity contribution in [2.24, 2.45) is 5.10 Å². The average Bonchev–Trinajstić information content (AvgIpc) is 2.65. The van der Waals surface area contributed by atoms with Crippen LogP contribution < -0.4 is 19.6 Å².